The minimum absolute atomic E-state index is 0.605. The van der Waals surface area contributed by atoms with Crippen LogP contribution in [0.5, 0.6) is 0 Å². The second-order valence-electron chi connectivity index (χ2n) is 31.3. The Labute approximate surface area is 421 Å². The summed E-state index contributed by atoms with van der Waals surface area (Å²) in [6.07, 6.45) is 6.31. The van der Waals surface area contributed by atoms with Crippen molar-refractivity contribution in [1.29, 1.82) is 0 Å². The van der Waals surface area contributed by atoms with Gasteiger partial charge in [-0.25, -0.2) is 0 Å². The van der Waals surface area contributed by atoms with E-state index < -0.39 is 102 Å². The van der Waals surface area contributed by atoms with E-state index in [1.54, 1.807) is 47.9 Å². The molecule has 2 fully saturated rings. The largest absolute Gasteiger partial charge is 0.0702 e. The number of hydrogen-bond acceptors (Lipinski definition) is 0. The molecule has 0 radical (unpaired) electrons. The van der Waals surface area contributed by atoms with Gasteiger partial charge in [-0.3, -0.25) is 0 Å². The summed E-state index contributed by atoms with van der Waals surface area (Å²) in [5.74, 6) is 0. The topological polar surface area (TPSA) is 0 Å². The summed E-state index contributed by atoms with van der Waals surface area (Å²) in [7, 11) is -20.3. The molecule has 0 spiro atoms. The standard InChI is InChI=1S/C52H108Si13/c1-41-37-43(3)47(44(4)38-41)53(55-49(57(7,8)9,58(10,11)12)33-34-50(55,59(13,14)15)60(16,17)18)65(31,32)54(48-45(5)39-42(2)40-46(48)6)56-51(61(19,20)21,62(22,23)24)35-36-52(56,63(25,26)27)64(28,29)30/h37-40H,33-36H2,1-32H3. The molecule has 2 aliphatic rings. The molecule has 2 aromatic rings. The highest BCUT2D eigenvalue weighted by molar-refractivity contribution is 7.72. The van der Waals surface area contributed by atoms with Crippen LogP contribution in [0.15, 0.2) is 24.3 Å². The number of hydrogen-bond donors (Lipinski definition) is 0. The van der Waals surface area contributed by atoms with Crippen molar-refractivity contribution < 1.29 is 0 Å². The normalized spacial score (nSPS) is 19.9. The minimum Gasteiger partial charge on any atom is -0.0694 e. The van der Waals surface area contributed by atoms with Crippen molar-refractivity contribution in [2.45, 2.75) is 255 Å². The van der Waals surface area contributed by atoms with E-state index in [1.807, 2.05) is 10.4 Å². The van der Waals surface area contributed by atoms with E-state index in [9.17, 15) is 0 Å². The highest BCUT2D eigenvalue weighted by Gasteiger charge is 2.73. The maximum atomic E-state index is 3.27. The lowest BCUT2D eigenvalue weighted by molar-refractivity contribution is 0.763. The van der Waals surface area contributed by atoms with Crippen LogP contribution in [0.4, 0.5) is 0 Å². The van der Waals surface area contributed by atoms with Crippen molar-refractivity contribution in [3.05, 3.63) is 57.6 Å². The first-order chi connectivity index (χ1) is 28.5. The monoisotopic (exact) mass is 1100 g/mol. The smallest absolute Gasteiger partial charge is 0.0694 e. The highest BCUT2D eigenvalue weighted by Crippen LogP contribution is 2.71. The maximum absolute atomic E-state index is 3.27. The first-order valence-electron chi connectivity index (χ1n) is 26.2. The molecule has 2 saturated heterocycles. The molecule has 13 heteroatoms. The molecule has 0 aliphatic carbocycles. The van der Waals surface area contributed by atoms with E-state index in [0.29, 0.717) is 17.1 Å². The lowest BCUT2D eigenvalue weighted by Gasteiger charge is -2.61. The Morgan fingerprint density at radius 3 is 0.600 bits per heavy atom. The third-order valence-electron chi connectivity index (χ3n) is 19.3. The van der Waals surface area contributed by atoms with Crippen molar-refractivity contribution in [3.8, 4) is 0 Å². The summed E-state index contributed by atoms with van der Waals surface area (Å²) >= 11 is 0. The molecule has 0 aromatic heterocycles. The summed E-state index contributed by atoms with van der Waals surface area (Å²) in [4.78, 5) is 0. The van der Waals surface area contributed by atoms with Crippen LogP contribution < -0.4 is 10.4 Å². The third kappa shape index (κ3) is 8.90. The summed E-state index contributed by atoms with van der Waals surface area (Å²) in [5.41, 5.74) is 9.92. The molecule has 2 heterocycles. The molecule has 4 rings (SSSR count). The molecule has 2 aliphatic heterocycles. The molecule has 368 valence electrons. The zero-order valence-electron chi connectivity index (χ0n) is 49.6. The first-order valence-corrected chi connectivity index (χ1v) is 67.2. The summed E-state index contributed by atoms with van der Waals surface area (Å²) in [6.45, 7) is 93.0. The molecular formula is C52H108Si13. The average Bonchev–Trinajstić information content (AvgIpc) is 3.61. The van der Waals surface area contributed by atoms with Gasteiger partial charge in [0.15, 0.2) is 0 Å². The summed E-state index contributed by atoms with van der Waals surface area (Å²) in [5, 5.41) is 4.08. The van der Waals surface area contributed by atoms with Crippen LogP contribution in [0.1, 0.15) is 59.1 Å². The Kier molecular flexibility index (Phi) is 16.1. The maximum Gasteiger partial charge on any atom is 0.0702 e. The predicted molar refractivity (Wildman–Crippen MR) is 337 cm³/mol. The Hall–Kier alpha value is 1.26. The number of benzene rings is 2. The van der Waals surface area contributed by atoms with Gasteiger partial charge in [0, 0.05) is 79.4 Å². The van der Waals surface area contributed by atoms with E-state index in [4.69, 9.17) is 0 Å². The molecule has 0 saturated carbocycles. The molecule has 0 bridgehead atoms. The van der Waals surface area contributed by atoms with E-state index >= 15 is 0 Å². The summed E-state index contributed by atoms with van der Waals surface area (Å²) in [6, 6.07) is 10.9. The van der Waals surface area contributed by atoms with Crippen molar-refractivity contribution >= 4 is 113 Å². The van der Waals surface area contributed by atoms with Crippen LogP contribution in [0, 0.1) is 41.5 Å². The Morgan fingerprint density at radius 2 is 0.462 bits per heavy atom. The van der Waals surface area contributed by atoms with Crippen LogP contribution in [0.2, 0.25) is 187 Å². The fourth-order valence-corrected chi connectivity index (χ4v) is 209. The van der Waals surface area contributed by atoms with Crippen LogP contribution in [0.25, 0.3) is 0 Å². The SMILES string of the molecule is Cc1cc(C)c([Si](=[Si]2C([Si](C)(C)C)([Si](C)(C)C)CCC2([Si](C)(C)C)[Si](C)(C)C)[Si](C)(C)[Si](c2c(C)cc(C)cc2C)=[Si]2C([Si](C)(C)C)([Si](C)(C)C)CCC2([Si](C)(C)C)[Si](C)(C)C)c(C)c1. The molecule has 0 N–H and O–H groups in total. The Balaban J connectivity index is 2.85. The second-order valence-corrected chi connectivity index (χ2v) is 112. The van der Waals surface area contributed by atoms with Crippen LogP contribution >= 0.6 is 0 Å². The zero-order chi connectivity index (χ0) is 51.1. The van der Waals surface area contributed by atoms with Gasteiger partial charge >= 0.3 is 0 Å². The highest BCUT2D eigenvalue weighted by atomic mass is 29.8. The van der Waals surface area contributed by atoms with E-state index in [2.05, 4.69) is 236 Å². The van der Waals surface area contributed by atoms with Gasteiger partial charge in [0.2, 0.25) is 0 Å². The molecule has 2 aromatic carbocycles. The van der Waals surface area contributed by atoms with Gasteiger partial charge in [-0.15, -0.1) is 0 Å². The molecular weight excluding hydrogens is 990 g/mol. The molecule has 0 amide bonds. The third-order valence-corrected chi connectivity index (χ3v) is 144. The van der Waals surface area contributed by atoms with Crippen molar-refractivity contribution in [2.24, 2.45) is 0 Å². The van der Waals surface area contributed by atoms with Crippen LogP contribution in [-0.2, 0) is 0 Å². The summed E-state index contributed by atoms with van der Waals surface area (Å²) < 4.78 is 2.42. The van der Waals surface area contributed by atoms with Gasteiger partial charge in [0.25, 0.3) is 0 Å². The molecule has 0 unspecified atom stereocenters. The fourth-order valence-electron chi connectivity index (χ4n) is 18.1. The van der Waals surface area contributed by atoms with E-state index in [-0.39, 0.29) is 0 Å². The van der Waals surface area contributed by atoms with Crippen molar-refractivity contribution in [1.82, 2.24) is 0 Å². The Bertz CT molecular complexity index is 1890. The minimum atomic E-state index is -2.25. The van der Waals surface area contributed by atoms with Crippen molar-refractivity contribution in [3.63, 3.8) is 0 Å². The van der Waals surface area contributed by atoms with Gasteiger partial charge in [-0.1, -0.05) is 231 Å². The molecule has 0 atom stereocenters. The number of aryl methyl sites for hydroxylation is 6. The van der Waals surface area contributed by atoms with Gasteiger partial charge in [-0.05, 0) is 107 Å². The molecule has 0 nitrogen and oxygen atoms in total. The van der Waals surface area contributed by atoms with Gasteiger partial charge < -0.3 is 0 Å². The Morgan fingerprint density at radius 1 is 0.308 bits per heavy atom. The first kappa shape index (κ1) is 58.8. The number of rotatable bonds is 12. The zero-order valence-corrected chi connectivity index (χ0v) is 62.6. The molecule has 65 heavy (non-hydrogen) atoms. The predicted octanol–water partition coefficient (Wildman–Crippen LogP) is 16.2. The quantitative estimate of drug-likeness (QED) is 0.186. The van der Waals surface area contributed by atoms with Gasteiger partial charge in [0.05, 0.1) is 7.11 Å². The van der Waals surface area contributed by atoms with E-state index in [1.165, 1.54) is 11.1 Å². The lowest BCUT2D eigenvalue weighted by atomic mass is 10.1. The lowest BCUT2D eigenvalue weighted by Crippen LogP contribution is -2.77. The second kappa shape index (κ2) is 17.7. The van der Waals surface area contributed by atoms with Gasteiger partial charge in [-0.2, -0.15) is 0 Å². The average molecular weight is 1100 g/mol. The van der Waals surface area contributed by atoms with Crippen LogP contribution in [-0.4, -0.2) is 102 Å². The fraction of sp³-hybridized carbons (Fsp3) is 0.769. The van der Waals surface area contributed by atoms with E-state index in [0.717, 1.165) is 0 Å². The van der Waals surface area contributed by atoms with Crippen molar-refractivity contribution in [2.75, 3.05) is 0 Å². The van der Waals surface area contributed by atoms with Gasteiger partial charge in [0.1, 0.15) is 0 Å². The van der Waals surface area contributed by atoms with Crippen LogP contribution in [0.3, 0.4) is 0 Å².